The minimum atomic E-state index is 0.478. The molecule has 0 aliphatic carbocycles. The van der Waals surface area contributed by atoms with Crippen molar-refractivity contribution in [1.82, 2.24) is 40.4 Å². The third kappa shape index (κ3) is 7.42. The van der Waals surface area contributed by atoms with Gasteiger partial charge in [-0.1, -0.05) is 71.0 Å². The number of rotatable bonds is 8. The van der Waals surface area contributed by atoms with Crippen LogP contribution >= 0.6 is 0 Å². The second-order valence-electron chi connectivity index (χ2n) is 14.6. The summed E-state index contributed by atoms with van der Waals surface area (Å²) in [7, 11) is 1.70. The monoisotopic (exact) mass is 776 g/mol. The Morgan fingerprint density at radius 2 is 1.17 bits per heavy atom. The van der Waals surface area contributed by atoms with Crippen LogP contribution in [0.15, 0.2) is 137 Å². The second kappa shape index (κ2) is 15.8. The standard InChI is InChI=1S/C25H22N4O2.C23H18N4O/c1-15-6-4-5-7-20(15)21-9-8-17(11-19(21)13-30-3)25-28-24(29-31-25)18-10-16(2)23-22(12-18)26-14-27-23;1-14-5-3-4-6-19(14)20-9-7-17(11-15(20)2)23-25-22(27-28-23)16-8-10-21-18(12-16)13-24-26-21/h4-12,14H,13H2,1-3H3,(H,26,27);3-13H,1-2H3,(H,24,26). The van der Waals surface area contributed by atoms with E-state index in [0.29, 0.717) is 30.0 Å². The van der Waals surface area contributed by atoms with Crippen LogP contribution in [0.4, 0.5) is 0 Å². The number of aryl methyl sites for hydroxylation is 4. The van der Waals surface area contributed by atoms with E-state index in [4.69, 9.17) is 13.8 Å². The van der Waals surface area contributed by atoms with Crippen molar-refractivity contribution in [3.8, 4) is 67.9 Å². The molecule has 0 radical (unpaired) electrons. The minimum Gasteiger partial charge on any atom is -0.380 e. The third-order valence-corrected chi connectivity index (χ3v) is 10.5. The molecule has 0 aliphatic heterocycles. The molecule has 59 heavy (non-hydrogen) atoms. The van der Waals surface area contributed by atoms with Gasteiger partial charge in [-0.15, -0.1) is 0 Å². The Morgan fingerprint density at radius 1 is 0.559 bits per heavy atom. The maximum absolute atomic E-state index is 5.61. The zero-order valence-electron chi connectivity index (χ0n) is 33.2. The predicted molar refractivity (Wildman–Crippen MR) is 230 cm³/mol. The zero-order valence-corrected chi connectivity index (χ0v) is 33.2. The van der Waals surface area contributed by atoms with E-state index in [1.807, 2.05) is 55.5 Å². The number of imidazole rings is 1. The number of aromatic nitrogens is 8. The van der Waals surface area contributed by atoms with Crippen molar-refractivity contribution in [1.29, 1.82) is 0 Å². The molecule has 0 saturated heterocycles. The quantitative estimate of drug-likeness (QED) is 0.154. The number of methoxy groups -OCH3 is 1. The van der Waals surface area contributed by atoms with Crippen LogP contribution in [0, 0.1) is 27.7 Å². The number of nitrogens with one attached hydrogen (secondary N) is 2. The molecule has 2 N–H and O–H groups in total. The van der Waals surface area contributed by atoms with Gasteiger partial charge in [0.2, 0.25) is 11.6 Å². The lowest BCUT2D eigenvalue weighted by Crippen LogP contribution is -1.95. The third-order valence-electron chi connectivity index (χ3n) is 10.5. The summed E-state index contributed by atoms with van der Waals surface area (Å²) in [6.45, 7) is 8.87. The van der Waals surface area contributed by atoms with E-state index in [-0.39, 0.29) is 0 Å². The summed E-state index contributed by atoms with van der Waals surface area (Å²) in [5.74, 6) is 2.11. The first kappa shape index (κ1) is 37.1. The van der Waals surface area contributed by atoms with Crippen molar-refractivity contribution in [2.45, 2.75) is 34.3 Å². The summed E-state index contributed by atoms with van der Waals surface area (Å²) in [5, 5.41) is 16.4. The van der Waals surface area contributed by atoms with Crippen LogP contribution in [0.25, 0.3) is 89.9 Å². The first-order valence-corrected chi connectivity index (χ1v) is 19.2. The van der Waals surface area contributed by atoms with E-state index in [1.54, 1.807) is 19.6 Å². The van der Waals surface area contributed by atoms with E-state index in [1.165, 1.54) is 33.4 Å². The SMILES string of the molecule is COCc1cc(-c2nc(-c3cc(C)c4nc[nH]c4c3)no2)ccc1-c1ccccc1C.Cc1ccccc1-c1ccc(-c2nc(-c3ccc4[nH]ncc4c3)no2)cc1C. The first-order valence-electron chi connectivity index (χ1n) is 19.2. The Kier molecular flexibility index (Phi) is 9.93. The molecule has 4 aromatic heterocycles. The summed E-state index contributed by atoms with van der Waals surface area (Å²) in [5.41, 5.74) is 17.0. The Bertz CT molecular complexity index is 3100. The minimum absolute atomic E-state index is 0.478. The highest BCUT2D eigenvalue weighted by Gasteiger charge is 2.17. The molecule has 11 heteroatoms. The average Bonchev–Trinajstić information content (AvgIpc) is 4.09. The average molecular weight is 777 g/mol. The van der Waals surface area contributed by atoms with Gasteiger partial charge in [0.25, 0.3) is 11.8 Å². The van der Waals surface area contributed by atoms with E-state index in [0.717, 1.165) is 60.9 Å². The van der Waals surface area contributed by atoms with E-state index < -0.39 is 0 Å². The summed E-state index contributed by atoms with van der Waals surface area (Å²) < 4.78 is 16.6. The highest BCUT2D eigenvalue weighted by Crippen LogP contribution is 2.34. The number of benzene rings is 6. The highest BCUT2D eigenvalue weighted by molar-refractivity contribution is 5.84. The molecule has 11 nitrogen and oxygen atoms in total. The van der Waals surface area contributed by atoms with Crippen LogP contribution in [0.2, 0.25) is 0 Å². The van der Waals surface area contributed by atoms with Crippen molar-refractivity contribution >= 4 is 21.9 Å². The van der Waals surface area contributed by atoms with E-state index in [2.05, 4.69) is 128 Å². The summed E-state index contributed by atoms with van der Waals surface area (Å²) >= 11 is 0. The maximum Gasteiger partial charge on any atom is 0.258 e. The number of ether oxygens (including phenoxy) is 1. The van der Waals surface area contributed by atoms with Crippen molar-refractivity contribution in [2.24, 2.45) is 0 Å². The number of hydrogen-bond donors (Lipinski definition) is 2. The molecule has 0 aliphatic rings. The predicted octanol–water partition coefficient (Wildman–Crippen LogP) is 11.3. The van der Waals surface area contributed by atoms with Gasteiger partial charge in [-0.25, -0.2) is 4.98 Å². The van der Waals surface area contributed by atoms with E-state index >= 15 is 0 Å². The van der Waals surface area contributed by atoms with Crippen LogP contribution in [0.1, 0.15) is 27.8 Å². The van der Waals surface area contributed by atoms with Gasteiger partial charge in [0.05, 0.1) is 35.7 Å². The van der Waals surface area contributed by atoms with Crippen molar-refractivity contribution < 1.29 is 13.8 Å². The second-order valence-corrected chi connectivity index (χ2v) is 14.6. The molecule has 10 rings (SSSR count). The summed E-state index contributed by atoms with van der Waals surface area (Å²) in [6.07, 6.45) is 3.48. The van der Waals surface area contributed by atoms with Crippen LogP contribution in [-0.2, 0) is 11.3 Å². The van der Waals surface area contributed by atoms with Crippen LogP contribution < -0.4 is 0 Å². The Hall–Kier alpha value is -7.50. The fourth-order valence-electron chi connectivity index (χ4n) is 7.47. The molecule has 0 fully saturated rings. The Balaban J connectivity index is 0.000000153. The molecule has 290 valence electrons. The number of aromatic amines is 2. The first-order chi connectivity index (χ1) is 28.8. The molecule has 10 aromatic rings. The highest BCUT2D eigenvalue weighted by atomic mass is 16.5. The van der Waals surface area contributed by atoms with Gasteiger partial charge in [0.1, 0.15) is 0 Å². The van der Waals surface area contributed by atoms with Crippen LogP contribution in [-0.4, -0.2) is 47.6 Å². The Morgan fingerprint density at radius 3 is 1.86 bits per heavy atom. The largest absolute Gasteiger partial charge is 0.380 e. The zero-order chi connectivity index (χ0) is 40.5. The molecule has 0 bridgehead atoms. The molecular weight excluding hydrogens is 737 g/mol. The van der Waals surface area contributed by atoms with Crippen molar-refractivity contribution in [3.63, 3.8) is 0 Å². The number of H-pyrrole nitrogens is 2. The maximum atomic E-state index is 5.61. The summed E-state index contributed by atoms with van der Waals surface area (Å²) in [4.78, 5) is 16.7. The van der Waals surface area contributed by atoms with Crippen molar-refractivity contribution in [3.05, 3.63) is 156 Å². The van der Waals surface area contributed by atoms with Gasteiger partial charge >= 0.3 is 0 Å². The smallest absolute Gasteiger partial charge is 0.258 e. The van der Waals surface area contributed by atoms with Gasteiger partial charge in [-0.05, 0) is 132 Å². The lowest BCUT2D eigenvalue weighted by atomic mass is 9.94. The molecule has 0 atom stereocenters. The molecule has 4 heterocycles. The normalized spacial score (nSPS) is 11.3. The molecule has 0 unspecified atom stereocenters. The lowest BCUT2D eigenvalue weighted by Gasteiger charge is -2.12. The van der Waals surface area contributed by atoms with Crippen molar-refractivity contribution in [2.75, 3.05) is 7.11 Å². The van der Waals surface area contributed by atoms with Crippen LogP contribution in [0.5, 0.6) is 0 Å². The molecule has 6 aromatic carbocycles. The van der Waals surface area contributed by atoms with E-state index in [9.17, 15) is 0 Å². The molecular formula is C48H40N8O3. The molecule has 0 spiro atoms. The number of fused-ring (bicyclic) bond motifs is 2. The number of nitrogens with zero attached hydrogens (tertiary/aromatic N) is 6. The van der Waals surface area contributed by atoms with Gasteiger partial charge < -0.3 is 18.8 Å². The topological polar surface area (TPSA) is 144 Å². The van der Waals surface area contributed by atoms with Gasteiger partial charge in [0.15, 0.2) is 0 Å². The fraction of sp³-hybridized carbons (Fsp3) is 0.125. The van der Waals surface area contributed by atoms with Gasteiger partial charge in [-0.3, -0.25) is 5.10 Å². The molecule has 0 amide bonds. The van der Waals surface area contributed by atoms with Crippen LogP contribution in [0.3, 0.4) is 0 Å². The number of hydrogen-bond acceptors (Lipinski definition) is 9. The summed E-state index contributed by atoms with van der Waals surface area (Å²) in [6, 6.07) is 39.1. The van der Waals surface area contributed by atoms with Gasteiger partial charge in [0, 0.05) is 34.7 Å². The lowest BCUT2D eigenvalue weighted by molar-refractivity contribution is 0.185. The van der Waals surface area contributed by atoms with Gasteiger partial charge in [-0.2, -0.15) is 15.1 Å². The Labute approximate surface area is 340 Å². The fourth-order valence-corrected chi connectivity index (χ4v) is 7.47. The molecule has 0 saturated carbocycles.